The molecule has 19 heavy (non-hydrogen) atoms. The molecule has 1 rings (SSSR count). The van der Waals surface area contributed by atoms with Gasteiger partial charge in [0.05, 0.1) is 6.04 Å². The van der Waals surface area contributed by atoms with Crippen molar-refractivity contribution in [2.45, 2.75) is 33.7 Å². The van der Waals surface area contributed by atoms with E-state index in [2.05, 4.69) is 11.4 Å². The molecule has 1 atom stereocenters. The molecule has 5 nitrogen and oxygen atoms in total. The molecule has 0 aliphatic heterocycles. The monoisotopic (exact) mass is 284 g/mol. The number of carbonyl (C=O) groups is 2. The van der Waals surface area contributed by atoms with Gasteiger partial charge in [-0.3, -0.25) is 4.79 Å². The van der Waals surface area contributed by atoms with Crippen LogP contribution >= 0.6 is 11.3 Å². The van der Waals surface area contributed by atoms with Crippen molar-refractivity contribution in [2.24, 2.45) is 0 Å². The van der Waals surface area contributed by atoms with Gasteiger partial charge in [0.25, 0.3) is 0 Å². The van der Waals surface area contributed by atoms with Gasteiger partial charge >= 0.3 is 12.0 Å². The summed E-state index contributed by atoms with van der Waals surface area (Å²) in [5.41, 5.74) is 1.09. The molecule has 1 aromatic heterocycles. The molecular weight excluding hydrogens is 264 g/mol. The molecule has 1 unspecified atom stereocenters. The van der Waals surface area contributed by atoms with Crippen LogP contribution < -0.4 is 5.32 Å². The molecule has 0 aliphatic rings. The van der Waals surface area contributed by atoms with Crippen molar-refractivity contribution in [1.29, 1.82) is 0 Å². The zero-order valence-electron chi connectivity index (χ0n) is 11.7. The van der Waals surface area contributed by atoms with Crippen molar-refractivity contribution in [3.05, 3.63) is 21.4 Å². The Morgan fingerprint density at radius 2 is 2.11 bits per heavy atom. The Labute approximate surface area is 117 Å². The van der Waals surface area contributed by atoms with E-state index in [1.807, 2.05) is 20.8 Å². The van der Waals surface area contributed by atoms with Crippen LogP contribution in [0.15, 0.2) is 6.07 Å². The highest BCUT2D eigenvalue weighted by Gasteiger charge is 2.19. The van der Waals surface area contributed by atoms with E-state index < -0.39 is 5.97 Å². The number of aliphatic carboxylic acids is 1. The Morgan fingerprint density at radius 3 is 2.53 bits per heavy atom. The fourth-order valence-electron chi connectivity index (χ4n) is 1.93. The lowest BCUT2D eigenvalue weighted by molar-refractivity contribution is -0.137. The number of nitrogens with zero attached hydrogens (tertiary/aromatic N) is 1. The number of aryl methyl sites for hydroxylation is 2. The lowest BCUT2D eigenvalue weighted by atomic mass is 10.1. The second-order valence-electron chi connectivity index (χ2n) is 4.45. The number of nitrogens with one attached hydrogen (secondary N) is 1. The molecule has 0 aromatic carbocycles. The minimum absolute atomic E-state index is 0.125. The molecule has 2 N–H and O–H groups in total. The molecule has 6 heteroatoms. The van der Waals surface area contributed by atoms with Gasteiger partial charge in [-0.1, -0.05) is 0 Å². The third-order valence-corrected chi connectivity index (χ3v) is 3.86. The fourth-order valence-corrected chi connectivity index (χ4v) is 2.95. The second-order valence-corrected chi connectivity index (χ2v) is 5.91. The van der Waals surface area contributed by atoms with Crippen LogP contribution in [0, 0.1) is 13.8 Å². The normalized spacial score (nSPS) is 12.0. The maximum absolute atomic E-state index is 12.0. The van der Waals surface area contributed by atoms with Crippen molar-refractivity contribution in [1.82, 2.24) is 10.2 Å². The first-order chi connectivity index (χ1) is 8.85. The summed E-state index contributed by atoms with van der Waals surface area (Å²) >= 11 is 1.69. The first-order valence-corrected chi connectivity index (χ1v) is 7.01. The molecule has 0 aliphatic carbocycles. The third kappa shape index (κ3) is 4.24. The Kier molecular flexibility index (Phi) is 5.35. The lowest BCUT2D eigenvalue weighted by Gasteiger charge is -2.22. The van der Waals surface area contributed by atoms with Crippen LogP contribution in [0.3, 0.4) is 0 Å². The third-order valence-electron chi connectivity index (χ3n) is 2.88. The van der Waals surface area contributed by atoms with Gasteiger partial charge in [-0.05, 0) is 39.3 Å². The summed E-state index contributed by atoms with van der Waals surface area (Å²) in [5, 5.41) is 11.6. The van der Waals surface area contributed by atoms with Crippen LogP contribution in [0.1, 0.15) is 35.2 Å². The predicted molar refractivity (Wildman–Crippen MR) is 75.6 cm³/mol. The van der Waals surface area contributed by atoms with Crippen LogP contribution in [-0.4, -0.2) is 35.1 Å². The van der Waals surface area contributed by atoms with Gasteiger partial charge < -0.3 is 15.3 Å². The van der Waals surface area contributed by atoms with Crippen LogP contribution in [0.25, 0.3) is 0 Å². The standard InChI is InChI=1S/C13H20N2O3S/c1-5-15(7-12(16)17)13(18)14-9(3)11-6-8(2)19-10(11)4/h6,9H,5,7H2,1-4H3,(H,14,18)(H,16,17). The van der Waals surface area contributed by atoms with E-state index in [0.717, 1.165) is 5.56 Å². The maximum Gasteiger partial charge on any atom is 0.323 e. The van der Waals surface area contributed by atoms with Crippen molar-refractivity contribution >= 4 is 23.3 Å². The molecule has 1 aromatic rings. The van der Waals surface area contributed by atoms with E-state index in [9.17, 15) is 9.59 Å². The summed E-state index contributed by atoms with van der Waals surface area (Å²) < 4.78 is 0. The second kappa shape index (κ2) is 6.56. The summed E-state index contributed by atoms with van der Waals surface area (Å²) in [7, 11) is 0. The SMILES string of the molecule is CCN(CC(=O)O)C(=O)NC(C)c1cc(C)sc1C. The maximum atomic E-state index is 12.0. The number of carbonyl (C=O) groups excluding carboxylic acids is 1. The number of hydrogen-bond acceptors (Lipinski definition) is 3. The number of thiophene rings is 1. The van der Waals surface area contributed by atoms with Crippen molar-refractivity contribution in [2.75, 3.05) is 13.1 Å². The van der Waals surface area contributed by atoms with Crippen molar-refractivity contribution in [3.8, 4) is 0 Å². The van der Waals surface area contributed by atoms with Gasteiger partial charge in [-0.15, -0.1) is 11.3 Å². The zero-order valence-corrected chi connectivity index (χ0v) is 12.5. The molecule has 1 heterocycles. The number of urea groups is 1. The number of carboxylic acids is 1. The Morgan fingerprint density at radius 1 is 1.47 bits per heavy atom. The molecular formula is C13H20N2O3S. The Balaban J connectivity index is 2.70. The van der Waals surface area contributed by atoms with Crippen molar-refractivity contribution < 1.29 is 14.7 Å². The summed E-state index contributed by atoms with van der Waals surface area (Å²) in [6.07, 6.45) is 0. The van der Waals surface area contributed by atoms with E-state index in [0.29, 0.717) is 6.54 Å². The number of hydrogen-bond donors (Lipinski definition) is 2. The number of likely N-dealkylation sites (N-methyl/N-ethyl adjacent to an activating group) is 1. The highest BCUT2D eigenvalue weighted by atomic mass is 32.1. The smallest absolute Gasteiger partial charge is 0.323 e. The molecule has 0 fully saturated rings. The molecule has 0 bridgehead atoms. The first kappa shape index (κ1) is 15.5. The Bertz CT molecular complexity index is 470. The van der Waals surface area contributed by atoms with Crippen LogP contribution in [0.4, 0.5) is 4.79 Å². The molecule has 2 amide bonds. The van der Waals surface area contributed by atoms with Gasteiger partial charge in [0.15, 0.2) is 0 Å². The summed E-state index contributed by atoms with van der Waals surface area (Å²) in [6, 6.07) is 1.58. The van der Waals surface area contributed by atoms with E-state index in [1.54, 1.807) is 18.3 Å². The molecule has 0 spiro atoms. The largest absolute Gasteiger partial charge is 0.480 e. The van der Waals surface area contributed by atoms with E-state index in [1.165, 1.54) is 14.7 Å². The minimum Gasteiger partial charge on any atom is -0.480 e. The molecule has 0 saturated carbocycles. The van der Waals surface area contributed by atoms with Gasteiger partial charge in [-0.25, -0.2) is 4.79 Å². The number of amides is 2. The molecule has 0 radical (unpaired) electrons. The van der Waals surface area contributed by atoms with Gasteiger partial charge in [0, 0.05) is 16.3 Å². The van der Waals surface area contributed by atoms with E-state index >= 15 is 0 Å². The van der Waals surface area contributed by atoms with Crippen molar-refractivity contribution in [3.63, 3.8) is 0 Å². The predicted octanol–water partition coefficient (Wildman–Crippen LogP) is 2.54. The minimum atomic E-state index is -1.01. The zero-order chi connectivity index (χ0) is 14.6. The summed E-state index contributed by atoms with van der Waals surface area (Å²) in [4.78, 5) is 26.3. The summed E-state index contributed by atoms with van der Waals surface area (Å²) in [5.74, 6) is -1.01. The highest BCUT2D eigenvalue weighted by molar-refractivity contribution is 7.12. The van der Waals surface area contributed by atoms with Crippen LogP contribution in [0.2, 0.25) is 0 Å². The molecule has 0 saturated heterocycles. The van der Waals surface area contributed by atoms with E-state index in [4.69, 9.17) is 5.11 Å². The van der Waals surface area contributed by atoms with E-state index in [-0.39, 0.29) is 18.6 Å². The average Bonchev–Trinajstić information content (AvgIpc) is 2.64. The van der Waals surface area contributed by atoms with Crippen LogP contribution in [-0.2, 0) is 4.79 Å². The lowest BCUT2D eigenvalue weighted by Crippen LogP contribution is -2.43. The van der Waals surface area contributed by atoms with Gasteiger partial charge in [-0.2, -0.15) is 0 Å². The molecule has 106 valence electrons. The quantitative estimate of drug-likeness (QED) is 0.873. The highest BCUT2D eigenvalue weighted by Crippen LogP contribution is 2.26. The van der Waals surface area contributed by atoms with Gasteiger partial charge in [0.2, 0.25) is 0 Å². The Hall–Kier alpha value is -1.56. The summed E-state index contributed by atoms with van der Waals surface area (Å²) in [6.45, 7) is 7.79. The first-order valence-electron chi connectivity index (χ1n) is 6.19. The number of carboxylic acid groups (broad SMARTS) is 1. The topological polar surface area (TPSA) is 69.6 Å². The number of rotatable bonds is 5. The van der Waals surface area contributed by atoms with Gasteiger partial charge in [0.1, 0.15) is 6.54 Å². The fraction of sp³-hybridized carbons (Fsp3) is 0.538. The average molecular weight is 284 g/mol. The van der Waals surface area contributed by atoms with Crippen LogP contribution in [0.5, 0.6) is 0 Å².